The number of aliphatic hydroxyl groups excluding tert-OH is 2. The third kappa shape index (κ3) is 3.40. The van der Waals surface area contributed by atoms with Gasteiger partial charge < -0.3 is 31.9 Å². The number of ketones is 2. The number of benzene rings is 1. The summed E-state index contributed by atoms with van der Waals surface area (Å²) in [5, 5.41) is 44.7. The molecule has 1 unspecified atom stereocenters. The van der Waals surface area contributed by atoms with Crippen molar-refractivity contribution in [2.24, 2.45) is 23.3 Å². The Kier molecular flexibility index (Phi) is 6.25. The molecule has 4 rings (SSSR count). The van der Waals surface area contributed by atoms with Crippen LogP contribution in [0.2, 0.25) is 0 Å². The van der Waals surface area contributed by atoms with E-state index >= 15 is 0 Å². The zero-order valence-electron chi connectivity index (χ0n) is 19.7. The van der Waals surface area contributed by atoms with Crippen molar-refractivity contribution in [1.82, 2.24) is 4.90 Å². The van der Waals surface area contributed by atoms with E-state index < -0.39 is 58.0 Å². The van der Waals surface area contributed by atoms with Gasteiger partial charge >= 0.3 is 0 Å². The van der Waals surface area contributed by atoms with Crippen molar-refractivity contribution in [3.63, 3.8) is 0 Å². The number of likely N-dealkylation sites (N-methyl/N-ethyl adjacent to an activating group) is 1. The molecule has 1 saturated carbocycles. The van der Waals surface area contributed by atoms with Crippen LogP contribution >= 0.6 is 11.8 Å². The Morgan fingerprint density at radius 2 is 1.89 bits per heavy atom. The molecule has 0 radical (unpaired) electrons. The number of hydrogen-bond acceptors (Lipinski definition) is 10. The van der Waals surface area contributed by atoms with Gasteiger partial charge in [0.05, 0.1) is 11.6 Å². The normalized spacial score (nSPS) is 28.2. The Hall–Kier alpha value is -2.86. The second-order valence-electron chi connectivity index (χ2n) is 9.50. The lowest BCUT2D eigenvalue weighted by atomic mass is 9.57. The molecule has 1 amide bonds. The monoisotopic (exact) mass is 503 g/mol. The first kappa shape index (κ1) is 25.2. The van der Waals surface area contributed by atoms with Gasteiger partial charge in [-0.25, -0.2) is 0 Å². The van der Waals surface area contributed by atoms with Gasteiger partial charge in [-0.05, 0) is 56.3 Å². The maximum atomic E-state index is 13.8. The molecule has 188 valence electrons. The molecule has 4 atom stereocenters. The first-order chi connectivity index (χ1) is 16.4. The van der Waals surface area contributed by atoms with E-state index in [4.69, 9.17) is 11.5 Å². The molecule has 1 aromatic rings. The van der Waals surface area contributed by atoms with E-state index in [0.29, 0.717) is 22.4 Å². The molecule has 3 aliphatic carbocycles. The number of primary amides is 1. The summed E-state index contributed by atoms with van der Waals surface area (Å²) in [6.07, 6.45) is 2.13. The number of thioether (sulfide) groups is 1. The molecule has 11 heteroatoms. The molecule has 3 aliphatic rings. The van der Waals surface area contributed by atoms with Crippen molar-refractivity contribution in [2.45, 2.75) is 36.8 Å². The predicted molar refractivity (Wildman–Crippen MR) is 129 cm³/mol. The molecule has 0 heterocycles. The fraction of sp³-hybridized carbons (Fsp3) is 0.458. The Morgan fingerprint density at radius 3 is 2.43 bits per heavy atom. The van der Waals surface area contributed by atoms with Crippen LogP contribution in [0.15, 0.2) is 23.0 Å². The average Bonchev–Trinajstić information content (AvgIpc) is 2.77. The molecular weight excluding hydrogens is 474 g/mol. The minimum absolute atomic E-state index is 0.0447. The van der Waals surface area contributed by atoms with Crippen molar-refractivity contribution < 1.29 is 34.8 Å². The van der Waals surface area contributed by atoms with Crippen LogP contribution in [0.3, 0.4) is 0 Å². The minimum atomic E-state index is -2.65. The number of fused-ring (bicyclic) bond motifs is 3. The van der Waals surface area contributed by atoms with E-state index in [1.807, 2.05) is 6.26 Å². The zero-order chi connectivity index (χ0) is 26.0. The summed E-state index contributed by atoms with van der Waals surface area (Å²) in [7, 11) is 3.12. The van der Waals surface area contributed by atoms with Gasteiger partial charge in [-0.1, -0.05) is 0 Å². The van der Waals surface area contributed by atoms with E-state index in [2.05, 4.69) is 0 Å². The molecule has 1 fully saturated rings. The number of nitrogens with two attached hydrogens (primary N) is 2. The summed E-state index contributed by atoms with van der Waals surface area (Å²) in [6.45, 7) is 0.144. The number of phenols is 1. The summed E-state index contributed by atoms with van der Waals surface area (Å²) in [6, 6.07) is 0.670. The van der Waals surface area contributed by atoms with Crippen molar-refractivity contribution in [1.29, 1.82) is 0 Å². The molecule has 0 saturated heterocycles. The standard InChI is InChI=1S/C24H29N3O7S/c1-27(2)17-13-6-9-5-12-10(7-25)4-11(8-35-3)18(28)15(12)19(29)14(9)21(31)24(13,34)22(32)16(20(17)30)23(26)33/h4,9,13,17,28-29,32,34H,5-8,25H2,1-3H3,(H2,26,33)/t9-,13-,17?,24-/m0/s1. The van der Waals surface area contributed by atoms with E-state index in [1.165, 1.54) is 16.7 Å². The molecule has 10 nitrogen and oxygen atoms in total. The lowest BCUT2D eigenvalue weighted by Gasteiger charge is -2.50. The molecule has 0 bridgehead atoms. The van der Waals surface area contributed by atoms with Crippen molar-refractivity contribution in [3.05, 3.63) is 45.2 Å². The van der Waals surface area contributed by atoms with Gasteiger partial charge in [0, 0.05) is 29.4 Å². The van der Waals surface area contributed by atoms with Gasteiger partial charge in [0.15, 0.2) is 11.4 Å². The van der Waals surface area contributed by atoms with E-state index in [-0.39, 0.29) is 36.3 Å². The van der Waals surface area contributed by atoms with E-state index in [1.54, 1.807) is 20.2 Å². The Labute approximate surface area is 206 Å². The highest BCUT2D eigenvalue weighted by molar-refractivity contribution is 7.97. The highest BCUT2D eigenvalue weighted by Gasteiger charge is 2.64. The number of rotatable bonds is 5. The highest BCUT2D eigenvalue weighted by atomic mass is 32.2. The molecule has 35 heavy (non-hydrogen) atoms. The van der Waals surface area contributed by atoms with E-state index in [0.717, 1.165) is 0 Å². The van der Waals surface area contributed by atoms with Gasteiger partial charge in [0.2, 0.25) is 5.78 Å². The second-order valence-corrected chi connectivity index (χ2v) is 10.4. The van der Waals surface area contributed by atoms with Crippen LogP contribution in [-0.4, -0.2) is 74.8 Å². The van der Waals surface area contributed by atoms with Gasteiger partial charge in [0.25, 0.3) is 5.91 Å². The molecule has 8 N–H and O–H groups in total. The average molecular weight is 504 g/mol. The number of carbonyl (C=O) groups excluding carboxylic acids is 3. The summed E-state index contributed by atoms with van der Waals surface area (Å²) in [4.78, 5) is 40.4. The first-order valence-corrected chi connectivity index (χ1v) is 12.5. The number of carbonyl (C=O) groups is 3. The quantitative estimate of drug-likeness (QED) is 0.305. The van der Waals surface area contributed by atoms with Gasteiger partial charge in [0.1, 0.15) is 22.8 Å². The Morgan fingerprint density at radius 1 is 1.23 bits per heavy atom. The maximum Gasteiger partial charge on any atom is 0.255 e. The number of Topliss-reactive ketones (excluding diaryl/α,β-unsaturated/α-hetero) is 2. The van der Waals surface area contributed by atoms with Crippen molar-refractivity contribution in [2.75, 3.05) is 20.4 Å². The van der Waals surface area contributed by atoms with Gasteiger partial charge in [-0.3, -0.25) is 19.3 Å². The molecule has 0 spiro atoms. The molecule has 0 aliphatic heterocycles. The number of phenolic OH excluding ortho intramolecular Hbond substituents is 1. The molecular formula is C24H29N3O7S. The van der Waals surface area contributed by atoms with Crippen LogP contribution in [0.25, 0.3) is 5.76 Å². The van der Waals surface area contributed by atoms with Crippen LogP contribution in [-0.2, 0) is 33.1 Å². The SMILES string of the molecule is CSCc1cc(CN)c2c(c1O)C(O)=C1C(=O)[C@]3(O)C(O)=C(C(N)=O)C(=O)C(N(C)C)[C@@H]3C[C@@H]1C2. The largest absolute Gasteiger partial charge is 0.508 e. The first-order valence-electron chi connectivity index (χ1n) is 11.1. The third-order valence-electron chi connectivity index (χ3n) is 7.41. The fourth-order valence-electron chi connectivity index (χ4n) is 5.90. The predicted octanol–water partition coefficient (Wildman–Crippen LogP) is 0.286. The summed E-state index contributed by atoms with van der Waals surface area (Å²) < 4.78 is 0. The summed E-state index contributed by atoms with van der Waals surface area (Å²) in [5.74, 6) is -6.14. The molecule has 1 aromatic carbocycles. The van der Waals surface area contributed by atoms with Gasteiger partial charge in [-0.15, -0.1) is 0 Å². The number of hydrogen-bond donors (Lipinski definition) is 6. The topological polar surface area (TPSA) is 187 Å². The highest BCUT2D eigenvalue weighted by Crippen LogP contribution is 2.53. The molecule has 0 aromatic heterocycles. The van der Waals surface area contributed by atoms with Crippen molar-refractivity contribution in [3.8, 4) is 5.75 Å². The van der Waals surface area contributed by atoms with Crippen LogP contribution in [0.5, 0.6) is 5.75 Å². The summed E-state index contributed by atoms with van der Waals surface area (Å²) in [5.41, 5.74) is 9.58. The maximum absolute atomic E-state index is 13.8. The van der Waals surface area contributed by atoms with Crippen LogP contribution in [0.4, 0.5) is 0 Å². The third-order valence-corrected chi connectivity index (χ3v) is 8.01. The summed E-state index contributed by atoms with van der Waals surface area (Å²) >= 11 is 1.46. The minimum Gasteiger partial charge on any atom is -0.508 e. The fourth-order valence-corrected chi connectivity index (χ4v) is 6.43. The number of aliphatic hydroxyl groups is 3. The van der Waals surface area contributed by atoms with E-state index in [9.17, 15) is 34.8 Å². The van der Waals surface area contributed by atoms with Crippen LogP contribution in [0.1, 0.15) is 28.7 Å². The zero-order valence-corrected chi connectivity index (χ0v) is 20.5. The van der Waals surface area contributed by atoms with Crippen LogP contribution < -0.4 is 11.5 Å². The smallest absolute Gasteiger partial charge is 0.255 e. The van der Waals surface area contributed by atoms with Crippen LogP contribution in [0, 0.1) is 11.8 Å². The Balaban J connectivity index is 1.99. The van der Waals surface area contributed by atoms with Crippen molar-refractivity contribution >= 4 is 35.0 Å². The number of aromatic hydroxyl groups is 1. The lowest BCUT2D eigenvalue weighted by molar-refractivity contribution is -0.153. The second kappa shape index (κ2) is 8.66. The lowest BCUT2D eigenvalue weighted by Crippen LogP contribution is -2.65. The Bertz CT molecular complexity index is 1220. The van der Waals surface area contributed by atoms with Gasteiger partial charge in [-0.2, -0.15) is 11.8 Å². The number of nitrogens with zero attached hydrogens (tertiary/aromatic N) is 1. The number of amides is 1.